The molecule has 26 heavy (non-hydrogen) atoms. The molecule has 0 heterocycles. The van der Waals surface area contributed by atoms with Gasteiger partial charge in [-0.3, -0.25) is 5.43 Å². The fraction of sp³-hybridized carbons (Fsp3) is 0.308. The fourth-order valence-corrected chi connectivity index (χ4v) is 2.47. The molecule has 0 aliphatic heterocycles. The summed E-state index contributed by atoms with van der Waals surface area (Å²) in [6.45, 7) is 2.73. The number of alkyl halides is 6. The standard InChI is InChI=1S/C13H12F6N4O2S/c1-8(21-11(2,12(14,15)16)13(17,18)19)22-23-26(24,25)10-5-3-4-9(6-10)7-20/h3-6,21-23H,1H2,2H3. The maximum atomic E-state index is 12.8. The number of nitrogens with one attached hydrogen (secondary N) is 3. The van der Waals surface area contributed by atoms with Crippen LogP contribution >= 0.6 is 0 Å². The van der Waals surface area contributed by atoms with Crippen molar-refractivity contribution in [3.05, 3.63) is 42.2 Å². The average Bonchev–Trinajstić information content (AvgIpc) is 2.51. The van der Waals surface area contributed by atoms with Crippen LogP contribution in [0.5, 0.6) is 0 Å². The molecule has 0 atom stereocenters. The highest BCUT2D eigenvalue weighted by molar-refractivity contribution is 7.89. The Balaban J connectivity index is 2.93. The zero-order valence-electron chi connectivity index (χ0n) is 13.0. The first-order valence-electron chi connectivity index (χ1n) is 6.52. The van der Waals surface area contributed by atoms with Crippen LogP contribution in [-0.4, -0.2) is 26.3 Å². The Hall–Kier alpha value is -2.46. The van der Waals surface area contributed by atoms with Gasteiger partial charge in [0.1, 0.15) is 5.82 Å². The summed E-state index contributed by atoms with van der Waals surface area (Å²) in [6, 6.07) is 6.22. The zero-order valence-corrected chi connectivity index (χ0v) is 13.8. The first-order chi connectivity index (χ1) is 11.6. The van der Waals surface area contributed by atoms with Gasteiger partial charge in [0, 0.05) is 0 Å². The third-order valence-corrected chi connectivity index (χ3v) is 4.39. The molecule has 144 valence electrons. The van der Waals surface area contributed by atoms with E-state index >= 15 is 0 Å². The van der Waals surface area contributed by atoms with Gasteiger partial charge in [-0.05, 0) is 25.1 Å². The lowest BCUT2D eigenvalue weighted by Gasteiger charge is -2.36. The highest BCUT2D eigenvalue weighted by atomic mass is 32.2. The largest absolute Gasteiger partial charge is 0.420 e. The molecule has 13 heteroatoms. The Bertz CT molecular complexity index is 812. The first kappa shape index (κ1) is 21.6. The van der Waals surface area contributed by atoms with Gasteiger partial charge in [-0.2, -0.15) is 31.6 Å². The van der Waals surface area contributed by atoms with E-state index < -0.39 is 38.6 Å². The van der Waals surface area contributed by atoms with Crippen molar-refractivity contribution < 1.29 is 34.8 Å². The molecule has 0 amide bonds. The van der Waals surface area contributed by atoms with Gasteiger partial charge < -0.3 is 5.32 Å². The van der Waals surface area contributed by atoms with Gasteiger partial charge in [-0.1, -0.05) is 12.6 Å². The predicted molar refractivity (Wildman–Crippen MR) is 77.4 cm³/mol. The van der Waals surface area contributed by atoms with Crippen LogP contribution in [-0.2, 0) is 10.0 Å². The zero-order chi connectivity index (χ0) is 20.4. The number of hydrogen-bond donors (Lipinski definition) is 3. The summed E-state index contributed by atoms with van der Waals surface area (Å²) in [7, 11) is -4.39. The van der Waals surface area contributed by atoms with Gasteiger partial charge >= 0.3 is 12.4 Å². The maximum Gasteiger partial charge on any atom is 0.420 e. The minimum absolute atomic E-state index is 0.0217. The van der Waals surface area contributed by atoms with Crippen LogP contribution in [0, 0.1) is 11.3 Å². The summed E-state index contributed by atoms with van der Waals surface area (Å²) in [6.07, 6.45) is -11.5. The van der Waals surface area contributed by atoms with Crippen molar-refractivity contribution in [1.82, 2.24) is 15.6 Å². The van der Waals surface area contributed by atoms with Gasteiger partial charge in [0.2, 0.25) is 5.54 Å². The Morgan fingerprint density at radius 1 is 1.15 bits per heavy atom. The third-order valence-electron chi connectivity index (χ3n) is 3.14. The highest BCUT2D eigenvalue weighted by Gasteiger charge is 2.68. The van der Waals surface area contributed by atoms with Crippen molar-refractivity contribution >= 4 is 10.0 Å². The summed E-state index contributed by atoms with van der Waals surface area (Å²) >= 11 is 0. The minimum atomic E-state index is -5.74. The summed E-state index contributed by atoms with van der Waals surface area (Å²) in [5.74, 6) is -1.10. The molecule has 0 aromatic heterocycles. The predicted octanol–water partition coefficient (Wildman–Crippen LogP) is 2.29. The molecule has 0 fully saturated rings. The van der Waals surface area contributed by atoms with E-state index in [9.17, 15) is 34.8 Å². The Morgan fingerprint density at radius 2 is 1.69 bits per heavy atom. The molecule has 1 rings (SSSR count). The molecule has 1 aromatic carbocycles. The number of halogens is 6. The SMILES string of the molecule is C=C(NNS(=O)(=O)c1cccc(C#N)c1)NC(C)(C(F)(F)F)C(F)(F)F. The lowest BCUT2D eigenvalue weighted by atomic mass is 10.0. The number of sulfonamides is 1. The van der Waals surface area contributed by atoms with Gasteiger partial charge in [0.05, 0.1) is 16.5 Å². The summed E-state index contributed by atoms with van der Waals surface area (Å²) < 4.78 is 101. The van der Waals surface area contributed by atoms with E-state index in [1.165, 1.54) is 12.1 Å². The normalized spacial score (nSPS) is 13.0. The number of hydrazine groups is 1. The van der Waals surface area contributed by atoms with Crippen LogP contribution in [0.4, 0.5) is 26.3 Å². The van der Waals surface area contributed by atoms with Gasteiger partial charge in [-0.25, -0.2) is 8.42 Å². The lowest BCUT2D eigenvalue weighted by molar-refractivity contribution is -0.299. The number of benzene rings is 1. The molecule has 0 saturated carbocycles. The van der Waals surface area contributed by atoms with E-state index in [1.807, 2.05) is 0 Å². The van der Waals surface area contributed by atoms with Crippen LogP contribution in [0.1, 0.15) is 12.5 Å². The van der Waals surface area contributed by atoms with Crippen molar-refractivity contribution in [3.63, 3.8) is 0 Å². The Kier molecular flexibility index (Phi) is 5.84. The molecular formula is C13H12F6N4O2S. The van der Waals surface area contributed by atoms with E-state index in [-0.39, 0.29) is 12.5 Å². The van der Waals surface area contributed by atoms with Crippen LogP contribution in [0.2, 0.25) is 0 Å². The van der Waals surface area contributed by atoms with Gasteiger partial charge in [0.25, 0.3) is 10.0 Å². The summed E-state index contributed by atoms with van der Waals surface area (Å²) in [4.78, 5) is 1.13. The fourth-order valence-electron chi connectivity index (χ4n) is 1.56. The molecule has 0 radical (unpaired) electrons. The molecule has 0 aliphatic carbocycles. The number of rotatable bonds is 6. The van der Waals surface area contributed by atoms with Crippen molar-refractivity contribution in [2.24, 2.45) is 0 Å². The molecule has 0 aliphatic rings. The summed E-state index contributed by atoms with van der Waals surface area (Å²) in [5.41, 5.74) is -2.75. The van der Waals surface area contributed by atoms with Gasteiger partial charge in [-0.15, -0.1) is 4.83 Å². The quantitative estimate of drug-likeness (QED) is 0.502. The number of hydrogen-bond acceptors (Lipinski definition) is 5. The molecule has 0 saturated heterocycles. The maximum absolute atomic E-state index is 12.8. The number of nitriles is 1. The molecular weight excluding hydrogens is 390 g/mol. The third kappa shape index (κ3) is 4.58. The van der Waals surface area contributed by atoms with Crippen LogP contribution < -0.4 is 15.6 Å². The van der Waals surface area contributed by atoms with E-state index in [1.54, 1.807) is 16.3 Å². The molecule has 1 aromatic rings. The smallest absolute Gasteiger partial charge is 0.350 e. The highest BCUT2D eigenvalue weighted by Crippen LogP contribution is 2.42. The first-order valence-corrected chi connectivity index (χ1v) is 8.01. The van der Waals surface area contributed by atoms with Crippen molar-refractivity contribution in [2.75, 3.05) is 0 Å². The van der Waals surface area contributed by atoms with E-state index in [0.717, 1.165) is 17.4 Å². The van der Waals surface area contributed by atoms with Crippen molar-refractivity contribution in [3.8, 4) is 6.07 Å². The van der Waals surface area contributed by atoms with Crippen LogP contribution in [0.15, 0.2) is 41.6 Å². The topological polar surface area (TPSA) is 94.0 Å². The lowest BCUT2D eigenvalue weighted by Crippen LogP contribution is -2.65. The molecule has 6 nitrogen and oxygen atoms in total. The van der Waals surface area contributed by atoms with Crippen LogP contribution in [0.25, 0.3) is 0 Å². The monoisotopic (exact) mass is 402 g/mol. The van der Waals surface area contributed by atoms with E-state index in [2.05, 4.69) is 6.58 Å². The van der Waals surface area contributed by atoms with Crippen molar-refractivity contribution in [2.45, 2.75) is 29.7 Å². The second-order valence-corrected chi connectivity index (χ2v) is 6.78. The van der Waals surface area contributed by atoms with Crippen LogP contribution in [0.3, 0.4) is 0 Å². The minimum Gasteiger partial charge on any atom is -0.350 e. The Labute approximate surface area is 144 Å². The van der Waals surface area contributed by atoms with E-state index in [0.29, 0.717) is 0 Å². The summed E-state index contributed by atoms with van der Waals surface area (Å²) in [5, 5.41) is 9.79. The van der Waals surface area contributed by atoms with Crippen molar-refractivity contribution in [1.29, 1.82) is 5.26 Å². The molecule has 0 bridgehead atoms. The Morgan fingerprint density at radius 3 is 2.15 bits per heavy atom. The van der Waals surface area contributed by atoms with Gasteiger partial charge in [0.15, 0.2) is 0 Å². The molecule has 3 N–H and O–H groups in total. The molecule has 0 spiro atoms. The average molecular weight is 402 g/mol. The second-order valence-electron chi connectivity index (χ2n) is 5.09. The van der Waals surface area contributed by atoms with E-state index in [4.69, 9.17) is 5.26 Å². The number of nitrogens with zero attached hydrogens (tertiary/aromatic N) is 1. The molecule has 0 unspecified atom stereocenters. The second kappa shape index (κ2) is 7.04.